The molecule has 0 radical (unpaired) electrons. The molecule has 2 heteroatoms. The first-order valence-corrected chi connectivity index (χ1v) is 17.0. The van der Waals surface area contributed by atoms with Gasteiger partial charge < -0.3 is 0 Å². The Bertz CT molecular complexity index is 971. The predicted molar refractivity (Wildman–Crippen MR) is 132 cm³/mol. The zero-order chi connectivity index (χ0) is 20.8. The average molecular weight is 520 g/mol. The molecule has 30 heavy (non-hydrogen) atoms. The van der Waals surface area contributed by atoms with Gasteiger partial charge in [0.25, 0.3) is 0 Å². The summed E-state index contributed by atoms with van der Waals surface area (Å²) in [5, 5.41) is 2.48. The van der Waals surface area contributed by atoms with E-state index in [0.29, 0.717) is 26.3 Å². The third-order valence-corrected chi connectivity index (χ3v) is 11.8. The molecule has 0 spiro atoms. The van der Waals surface area contributed by atoms with Crippen LogP contribution < -0.4 is 0 Å². The second-order valence-corrected chi connectivity index (χ2v) is 15.0. The van der Waals surface area contributed by atoms with Crippen LogP contribution >= 0.6 is 0 Å². The molecule has 0 unspecified atom stereocenters. The van der Waals surface area contributed by atoms with Gasteiger partial charge in [-0.2, -0.15) is 0 Å². The number of rotatable bonds is 7. The van der Waals surface area contributed by atoms with Crippen LogP contribution in [0.15, 0.2) is 97.1 Å². The van der Waals surface area contributed by atoms with Crippen LogP contribution in [0.3, 0.4) is 0 Å². The van der Waals surface area contributed by atoms with Gasteiger partial charge in [0.05, 0.1) is 0 Å². The molecule has 0 saturated heterocycles. The minimum atomic E-state index is 0.702. The number of aryl methyl sites for hydroxylation is 2. The Balaban J connectivity index is 1.25. The molecule has 0 aromatic heterocycles. The number of hydrogen-bond donors (Lipinski definition) is 0. The molecule has 0 aliphatic rings. The molecule has 0 fully saturated rings. The Morgan fingerprint density at radius 2 is 0.667 bits per heavy atom. The second-order valence-electron chi connectivity index (χ2n) is 7.65. The second kappa shape index (κ2) is 10.3. The van der Waals surface area contributed by atoms with Gasteiger partial charge in [-0.15, -0.1) is 0 Å². The SMILES string of the molecule is Cc1ccc(-c2ccc(C[Se][Se]Cc3ccc(-c4ccc(C)cc4)cc3)cc2)cc1. The molecule has 0 saturated carbocycles. The summed E-state index contributed by atoms with van der Waals surface area (Å²) in [4.78, 5) is 0. The van der Waals surface area contributed by atoms with Crippen molar-refractivity contribution in [3.63, 3.8) is 0 Å². The van der Waals surface area contributed by atoms with E-state index < -0.39 is 0 Å². The summed E-state index contributed by atoms with van der Waals surface area (Å²) < 4.78 is 0. The standard InChI is InChI=1S/C28H26Se2/c1-21-3-11-25(12-4-21)27-15-7-23(8-16-27)19-29-30-20-24-9-17-28(18-10-24)26-13-5-22(2)6-14-26/h3-18H,19-20H2,1-2H3. The van der Waals surface area contributed by atoms with E-state index >= 15 is 0 Å². The molecule has 0 bridgehead atoms. The van der Waals surface area contributed by atoms with Crippen molar-refractivity contribution in [2.24, 2.45) is 0 Å². The van der Waals surface area contributed by atoms with E-state index in [-0.39, 0.29) is 0 Å². The monoisotopic (exact) mass is 522 g/mol. The first-order chi connectivity index (χ1) is 14.7. The van der Waals surface area contributed by atoms with Gasteiger partial charge in [-0.1, -0.05) is 0 Å². The van der Waals surface area contributed by atoms with Crippen LogP contribution in [0.1, 0.15) is 22.3 Å². The number of hydrogen-bond acceptors (Lipinski definition) is 0. The molecule has 0 aliphatic heterocycles. The summed E-state index contributed by atoms with van der Waals surface area (Å²) in [7, 11) is 0. The molecule has 4 aromatic carbocycles. The molecular weight excluding hydrogens is 494 g/mol. The molecule has 0 atom stereocenters. The van der Waals surface area contributed by atoms with Crippen LogP contribution in [0.2, 0.25) is 0 Å². The van der Waals surface area contributed by atoms with Crippen molar-refractivity contribution < 1.29 is 0 Å². The quantitative estimate of drug-likeness (QED) is 0.189. The van der Waals surface area contributed by atoms with Gasteiger partial charge in [0.1, 0.15) is 0 Å². The summed E-state index contributed by atoms with van der Waals surface area (Å²) >= 11 is 1.40. The average Bonchev–Trinajstić information content (AvgIpc) is 2.79. The Kier molecular flexibility index (Phi) is 7.26. The van der Waals surface area contributed by atoms with Crippen molar-refractivity contribution in [2.75, 3.05) is 0 Å². The Morgan fingerprint density at radius 3 is 0.967 bits per heavy atom. The fourth-order valence-corrected chi connectivity index (χ4v) is 9.81. The van der Waals surface area contributed by atoms with Crippen molar-refractivity contribution in [2.45, 2.75) is 24.5 Å². The van der Waals surface area contributed by atoms with Crippen LogP contribution in [0.4, 0.5) is 0 Å². The van der Waals surface area contributed by atoms with Crippen molar-refractivity contribution in [1.29, 1.82) is 0 Å². The maximum atomic E-state index is 2.31. The molecule has 150 valence electrons. The zero-order valence-electron chi connectivity index (χ0n) is 17.5. The topological polar surface area (TPSA) is 0 Å². The van der Waals surface area contributed by atoms with Gasteiger partial charge in [0, 0.05) is 0 Å². The van der Waals surface area contributed by atoms with E-state index in [1.165, 1.54) is 55.1 Å². The van der Waals surface area contributed by atoms with Crippen LogP contribution in [-0.2, 0) is 10.6 Å². The summed E-state index contributed by atoms with van der Waals surface area (Å²) in [5.41, 5.74) is 10.8. The first-order valence-electron chi connectivity index (χ1n) is 10.2. The van der Waals surface area contributed by atoms with Gasteiger partial charge in [0.2, 0.25) is 0 Å². The van der Waals surface area contributed by atoms with Gasteiger partial charge in [-0.25, -0.2) is 0 Å². The van der Waals surface area contributed by atoms with E-state index in [4.69, 9.17) is 0 Å². The summed E-state index contributed by atoms with van der Waals surface area (Å²) in [6.45, 7) is 4.27. The van der Waals surface area contributed by atoms with E-state index in [0.717, 1.165) is 0 Å². The molecule has 0 aliphatic carbocycles. The molecule has 0 amide bonds. The van der Waals surface area contributed by atoms with E-state index in [1.807, 2.05) is 0 Å². The predicted octanol–water partition coefficient (Wildman–Crippen LogP) is 6.66. The molecule has 0 nitrogen and oxygen atoms in total. The van der Waals surface area contributed by atoms with Crippen molar-refractivity contribution in [3.8, 4) is 22.3 Å². The first kappa shape index (κ1) is 21.2. The van der Waals surface area contributed by atoms with Crippen LogP contribution in [0.25, 0.3) is 22.3 Å². The molecular formula is C28H26Se2. The normalized spacial score (nSPS) is 10.9. The third kappa shape index (κ3) is 5.75. The van der Waals surface area contributed by atoms with Gasteiger partial charge in [0.15, 0.2) is 0 Å². The molecule has 0 N–H and O–H groups in total. The van der Waals surface area contributed by atoms with Crippen molar-refractivity contribution in [1.82, 2.24) is 0 Å². The van der Waals surface area contributed by atoms with E-state index in [1.54, 1.807) is 0 Å². The van der Waals surface area contributed by atoms with Gasteiger partial charge in [-0.3, -0.25) is 0 Å². The number of benzene rings is 4. The van der Waals surface area contributed by atoms with Crippen LogP contribution in [-0.4, -0.2) is 26.3 Å². The van der Waals surface area contributed by atoms with E-state index in [9.17, 15) is 0 Å². The van der Waals surface area contributed by atoms with Crippen LogP contribution in [0.5, 0.6) is 0 Å². The van der Waals surface area contributed by atoms with Gasteiger partial charge in [-0.05, 0) is 0 Å². The minimum absolute atomic E-state index is 0.702. The zero-order valence-corrected chi connectivity index (χ0v) is 20.9. The van der Waals surface area contributed by atoms with Crippen LogP contribution in [0, 0.1) is 13.8 Å². The molecule has 4 rings (SSSR count). The Morgan fingerprint density at radius 1 is 0.400 bits per heavy atom. The summed E-state index contributed by atoms with van der Waals surface area (Å²) in [5.74, 6) is 0. The Labute approximate surface area is 191 Å². The maximum absolute atomic E-state index is 2.31. The summed E-state index contributed by atoms with van der Waals surface area (Å²) in [6.07, 6.45) is 0. The van der Waals surface area contributed by atoms with Crippen molar-refractivity contribution >= 4 is 26.3 Å². The summed E-state index contributed by atoms with van der Waals surface area (Å²) in [6, 6.07) is 35.9. The Hall–Kier alpha value is -2.08. The molecule has 0 heterocycles. The van der Waals surface area contributed by atoms with E-state index in [2.05, 4.69) is 111 Å². The van der Waals surface area contributed by atoms with Crippen molar-refractivity contribution in [3.05, 3.63) is 119 Å². The fourth-order valence-electron chi connectivity index (χ4n) is 3.30. The van der Waals surface area contributed by atoms with Gasteiger partial charge >= 0.3 is 192 Å². The molecule has 4 aromatic rings. The fraction of sp³-hybridized carbons (Fsp3) is 0.143. The third-order valence-electron chi connectivity index (χ3n) is 5.21.